The lowest BCUT2D eigenvalue weighted by molar-refractivity contribution is 0.590. The highest BCUT2D eigenvalue weighted by atomic mass is 32.1. The number of thiophene rings is 1. The second-order valence-corrected chi connectivity index (χ2v) is 19.9. The van der Waals surface area contributed by atoms with Crippen LogP contribution in [-0.4, -0.2) is 16.8 Å². The highest BCUT2D eigenvalue weighted by molar-refractivity contribution is 7.25. The fourth-order valence-electron chi connectivity index (χ4n) is 10.6. The van der Waals surface area contributed by atoms with Crippen LogP contribution in [0.3, 0.4) is 0 Å². The predicted octanol–water partition coefficient (Wildman–Crippen LogP) is 13.7. The van der Waals surface area contributed by atoms with Crippen LogP contribution in [0.5, 0.6) is 0 Å². The van der Waals surface area contributed by atoms with E-state index >= 15 is 0 Å². The molecule has 296 valence electrons. The van der Waals surface area contributed by atoms with Gasteiger partial charge < -0.3 is 14.3 Å². The van der Waals surface area contributed by atoms with Crippen molar-refractivity contribution in [2.24, 2.45) is 0 Å². The number of nitrogens with zero attached hydrogens (tertiary/aromatic N) is 2. The van der Waals surface area contributed by atoms with E-state index in [0.29, 0.717) is 5.89 Å². The van der Waals surface area contributed by atoms with Gasteiger partial charge in [-0.25, -0.2) is 4.98 Å². The summed E-state index contributed by atoms with van der Waals surface area (Å²) in [6.45, 7) is 11.6. The van der Waals surface area contributed by atoms with E-state index in [9.17, 15) is 0 Å². The van der Waals surface area contributed by atoms with Crippen LogP contribution >= 0.6 is 11.3 Å². The van der Waals surface area contributed by atoms with Crippen molar-refractivity contribution >= 4 is 94.0 Å². The lowest BCUT2D eigenvalue weighted by Gasteiger charge is -2.26. The topological polar surface area (TPSA) is 43.0 Å². The standard InChI is InChI=1S/C56H42BN3OS/c1-55(2,3)32-19-21-33(22-20-32)58-45-27-43-38(34-15-9-11-17-42(34)56(43,4)5)25-39(45)36-23-24-37-40-26-41-35-16-10-12-18-50(35)62-51(41)30-47(40)60-48-29-49-46(28-44(48)57-52(36)53(37)60)59-54(61-49)31-13-7-6-8-14-31/h6-30,57-58H,1-5H3. The number of fused-ring (bicyclic) bond motifs is 12. The van der Waals surface area contributed by atoms with E-state index in [2.05, 4.69) is 178 Å². The summed E-state index contributed by atoms with van der Waals surface area (Å²) in [5, 5.41) is 9.13. The molecule has 2 aliphatic rings. The lowest BCUT2D eigenvalue weighted by atomic mass is 9.59. The lowest BCUT2D eigenvalue weighted by Crippen LogP contribution is -2.37. The van der Waals surface area contributed by atoms with Crippen molar-refractivity contribution in [1.29, 1.82) is 0 Å². The van der Waals surface area contributed by atoms with Crippen molar-refractivity contribution in [2.75, 3.05) is 5.32 Å². The molecular weight excluding hydrogens is 774 g/mol. The molecule has 0 unspecified atom stereocenters. The zero-order valence-corrected chi connectivity index (χ0v) is 36.2. The molecule has 0 fully saturated rings. The minimum atomic E-state index is -0.140. The summed E-state index contributed by atoms with van der Waals surface area (Å²) >= 11 is 1.87. The predicted molar refractivity (Wildman–Crippen MR) is 265 cm³/mol. The van der Waals surface area contributed by atoms with Crippen molar-refractivity contribution in [3.63, 3.8) is 0 Å². The largest absolute Gasteiger partial charge is 0.436 e. The van der Waals surface area contributed by atoms with E-state index < -0.39 is 0 Å². The quantitative estimate of drug-likeness (QED) is 0.180. The molecule has 0 amide bonds. The molecular formula is C56H42BN3OS. The average Bonchev–Trinajstić information content (AvgIpc) is 4.01. The van der Waals surface area contributed by atoms with Crippen LogP contribution in [-0.2, 0) is 10.8 Å². The molecule has 3 aromatic heterocycles. The Morgan fingerprint density at radius 1 is 0.645 bits per heavy atom. The van der Waals surface area contributed by atoms with Gasteiger partial charge >= 0.3 is 0 Å². The minimum absolute atomic E-state index is 0.0722. The summed E-state index contributed by atoms with van der Waals surface area (Å²) in [6.07, 6.45) is 0. The zero-order chi connectivity index (χ0) is 41.6. The molecule has 1 aliphatic carbocycles. The van der Waals surface area contributed by atoms with Gasteiger partial charge in [-0.1, -0.05) is 125 Å². The van der Waals surface area contributed by atoms with Crippen LogP contribution in [0.4, 0.5) is 11.4 Å². The van der Waals surface area contributed by atoms with E-state index in [1.165, 1.54) is 91.8 Å². The van der Waals surface area contributed by atoms with Gasteiger partial charge in [0.15, 0.2) is 12.9 Å². The first-order valence-electron chi connectivity index (χ1n) is 21.7. The number of oxazole rings is 1. The van der Waals surface area contributed by atoms with E-state index in [4.69, 9.17) is 9.40 Å². The van der Waals surface area contributed by atoms with Gasteiger partial charge in [-0.3, -0.25) is 0 Å². The van der Waals surface area contributed by atoms with Gasteiger partial charge in [-0.05, 0) is 105 Å². The van der Waals surface area contributed by atoms with Crippen LogP contribution in [0.1, 0.15) is 51.3 Å². The zero-order valence-electron chi connectivity index (χ0n) is 35.4. The SMILES string of the molecule is CC(C)(C)c1ccc(Nc2cc3c(cc2-c2ccc4c5cc6c(cc5n5c4c2Bc2cc4nc(-c7ccccc7)oc4cc2-5)sc2ccccc26)-c2ccccc2C3(C)C)cc1. The Balaban J connectivity index is 1.09. The number of benzene rings is 8. The molecule has 0 spiro atoms. The maximum absolute atomic E-state index is 6.55. The fourth-order valence-corrected chi connectivity index (χ4v) is 11.7. The molecule has 0 saturated heterocycles. The van der Waals surface area contributed by atoms with Gasteiger partial charge in [-0.15, -0.1) is 11.3 Å². The molecule has 1 N–H and O–H groups in total. The van der Waals surface area contributed by atoms with Crippen LogP contribution < -0.4 is 16.2 Å². The number of nitrogens with one attached hydrogen (secondary N) is 1. The van der Waals surface area contributed by atoms with Gasteiger partial charge in [0, 0.05) is 76.1 Å². The Morgan fingerprint density at radius 2 is 1.44 bits per heavy atom. The Morgan fingerprint density at radius 3 is 2.27 bits per heavy atom. The minimum Gasteiger partial charge on any atom is -0.436 e. The summed E-state index contributed by atoms with van der Waals surface area (Å²) in [4.78, 5) is 5.06. The number of anilines is 2. The maximum Gasteiger partial charge on any atom is 0.227 e. The highest BCUT2D eigenvalue weighted by Crippen LogP contribution is 2.52. The highest BCUT2D eigenvalue weighted by Gasteiger charge is 2.37. The summed E-state index contributed by atoms with van der Waals surface area (Å²) in [6, 6.07) is 56.1. The molecule has 4 nitrogen and oxygen atoms in total. The van der Waals surface area contributed by atoms with E-state index in [1.54, 1.807) is 0 Å². The summed E-state index contributed by atoms with van der Waals surface area (Å²) in [5.41, 5.74) is 20.1. The van der Waals surface area contributed by atoms with Crippen molar-refractivity contribution in [2.45, 2.75) is 45.4 Å². The van der Waals surface area contributed by atoms with Crippen LogP contribution in [0.15, 0.2) is 156 Å². The van der Waals surface area contributed by atoms with Crippen LogP contribution in [0.25, 0.3) is 92.5 Å². The van der Waals surface area contributed by atoms with Gasteiger partial charge in [-0.2, -0.15) is 0 Å². The van der Waals surface area contributed by atoms with Crippen molar-refractivity contribution in [3.05, 3.63) is 168 Å². The van der Waals surface area contributed by atoms with Crippen molar-refractivity contribution in [1.82, 2.24) is 9.55 Å². The summed E-state index contributed by atoms with van der Waals surface area (Å²) in [5.74, 6) is 0.642. The van der Waals surface area contributed by atoms with Gasteiger partial charge in [0.2, 0.25) is 5.89 Å². The molecule has 1 aliphatic heterocycles. The number of hydrogen-bond donors (Lipinski definition) is 1. The number of hydrogen-bond acceptors (Lipinski definition) is 4. The van der Waals surface area contributed by atoms with E-state index in [0.717, 1.165) is 41.0 Å². The third-order valence-corrected chi connectivity index (χ3v) is 14.9. The first kappa shape index (κ1) is 35.8. The Hall–Kier alpha value is -6.89. The molecule has 0 bridgehead atoms. The van der Waals surface area contributed by atoms with Crippen LogP contribution in [0.2, 0.25) is 0 Å². The summed E-state index contributed by atoms with van der Waals surface area (Å²) in [7, 11) is 0.762. The molecule has 8 aromatic carbocycles. The molecule has 11 aromatic rings. The molecule has 0 atom stereocenters. The monoisotopic (exact) mass is 815 g/mol. The molecule has 4 heterocycles. The van der Waals surface area contributed by atoms with Gasteiger partial charge in [0.05, 0.1) is 5.52 Å². The molecule has 13 rings (SSSR count). The van der Waals surface area contributed by atoms with Gasteiger partial charge in [0.25, 0.3) is 0 Å². The molecule has 62 heavy (non-hydrogen) atoms. The van der Waals surface area contributed by atoms with E-state index in [1.807, 2.05) is 29.5 Å². The molecule has 6 heteroatoms. The second kappa shape index (κ2) is 12.6. The van der Waals surface area contributed by atoms with E-state index in [-0.39, 0.29) is 10.8 Å². The first-order chi connectivity index (χ1) is 30.1. The van der Waals surface area contributed by atoms with Gasteiger partial charge in [0.1, 0.15) is 5.52 Å². The van der Waals surface area contributed by atoms with Crippen LogP contribution in [0, 0.1) is 0 Å². The maximum atomic E-state index is 6.55. The van der Waals surface area contributed by atoms with Crippen molar-refractivity contribution in [3.8, 4) is 39.4 Å². The molecule has 0 radical (unpaired) electrons. The number of rotatable bonds is 4. The second-order valence-electron chi connectivity index (χ2n) is 18.9. The Labute approximate surface area is 364 Å². The Bertz CT molecular complexity index is 3700. The Kier molecular flexibility index (Phi) is 7.28. The average molecular weight is 816 g/mol. The summed E-state index contributed by atoms with van der Waals surface area (Å²) < 4.78 is 11.7. The smallest absolute Gasteiger partial charge is 0.227 e. The fraction of sp³-hybridized carbons (Fsp3) is 0.125. The molecule has 0 saturated carbocycles. The normalized spacial score (nSPS) is 13.8. The third-order valence-electron chi connectivity index (χ3n) is 13.8. The first-order valence-corrected chi connectivity index (χ1v) is 22.5. The number of aromatic nitrogens is 2. The third kappa shape index (κ3) is 5.10. The van der Waals surface area contributed by atoms with Crippen molar-refractivity contribution < 1.29 is 4.42 Å².